The Morgan fingerprint density at radius 3 is 2.75 bits per heavy atom. The number of nitrogens with one attached hydrogen (secondary N) is 1. The highest BCUT2D eigenvalue weighted by Crippen LogP contribution is 2.25. The van der Waals surface area contributed by atoms with Crippen molar-refractivity contribution in [2.45, 2.75) is 24.7 Å². The van der Waals surface area contributed by atoms with Crippen LogP contribution in [0.5, 0.6) is 5.75 Å². The van der Waals surface area contributed by atoms with Crippen molar-refractivity contribution in [3.8, 4) is 5.75 Å². The van der Waals surface area contributed by atoms with Gasteiger partial charge in [-0.05, 0) is 49.6 Å². The van der Waals surface area contributed by atoms with E-state index in [2.05, 4.69) is 11.6 Å². The highest BCUT2D eigenvalue weighted by Gasteiger charge is 2.21. The van der Waals surface area contributed by atoms with E-state index in [4.69, 9.17) is 9.47 Å². The molecule has 0 radical (unpaired) electrons. The predicted molar refractivity (Wildman–Crippen MR) is 104 cm³/mol. The summed E-state index contributed by atoms with van der Waals surface area (Å²) < 4.78 is 36.4. The average Bonchev–Trinajstić information content (AvgIpc) is 2.70. The number of ether oxygens (including phenoxy) is 2. The van der Waals surface area contributed by atoms with Gasteiger partial charge in [0, 0.05) is 19.2 Å². The molecule has 9 heteroatoms. The Hall–Kier alpha value is -2.39. The van der Waals surface area contributed by atoms with E-state index in [-0.39, 0.29) is 23.2 Å². The number of nitrogens with zero attached hydrogens (tertiary/aromatic N) is 1. The molecule has 8 nitrogen and oxygen atoms in total. The topological polar surface area (TPSA) is 102 Å². The van der Waals surface area contributed by atoms with E-state index in [9.17, 15) is 18.0 Å². The second-order valence-corrected chi connectivity index (χ2v) is 8.50. The zero-order valence-corrected chi connectivity index (χ0v) is 17.1. The molecule has 0 bridgehead atoms. The average molecular weight is 410 g/mol. The number of hydrogen-bond donors (Lipinski definition) is 1. The maximum Gasteiger partial charge on any atom is 0.331 e. The van der Waals surface area contributed by atoms with Crippen LogP contribution in [0.4, 0.5) is 0 Å². The number of rotatable bonds is 7. The fraction of sp³-hybridized carbons (Fsp3) is 0.474. The molecule has 1 aromatic carbocycles. The van der Waals surface area contributed by atoms with Crippen LogP contribution >= 0.6 is 0 Å². The van der Waals surface area contributed by atoms with Crippen molar-refractivity contribution in [2.75, 3.05) is 33.9 Å². The van der Waals surface area contributed by atoms with Gasteiger partial charge in [0.15, 0.2) is 6.61 Å². The van der Waals surface area contributed by atoms with E-state index in [1.54, 1.807) is 11.0 Å². The van der Waals surface area contributed by atoms with Crippen LogP contribution in [0.1, 0.15) is 25.3 Å². The SMILES string of the molecule is CNS(=O)(=O)c1cc(/C=C/C(=O)OCC(=O)N2CCCC(C)C2)ccc1OC. The van der Waals surface area contributed by atoms with Gasteiger partial charge in [0.25, 0.3) is 5.91 Å². The molecule has 1 fully saturated rings. The van der Waals surface area contributed by atoms with Gasteiger partial charge in [0.05, 0.1) is 7.11 Å². The summed E-state index contributed by atoms with van der Waals surface area (Å²) in [5, 5.41) is 0. The molecule has 28 heavy (non-hydrogen) atoms. The molecule has 1 aromatic rings. The molecule has 1 heterocycles. The van der Waals surface area contributed by atoms with Crippen molar-refractivity contribution in [3.05, 3.63) is 29.8 Å². The van der Waals surface area contributed by atoms with Crippen molar-refractivity contribution >= 4 is 28.0 Å². The molecular formula is C19H26N2O6S. The molecule has 0 spiro atoms. The Bertz CT molecular complexity index is 850. The summed E-state index contributed by atoms with van der Waals surface area (Å²) in [5.41, 5.74) is 0.475. The highest BCUT2D eigenvalue weighted by atomic mass is 32.2. The van der Waals surface area contributed by atoms with Gasteiger partial charge in [0.1, 0.15) is 10.6 Å². The third kappa shape index (κ3) is 5.80. The Labute approximate surface area is 165 Å². The van der Waals surface area contributed by atoms with Crippen LogP contribution in [0.2, 0.25) is 0 Å². The number of methoxy groups -OCH3 is 1. The first-order chi connectivity index (χ1) is 13.3. The largest absolute Gasteiger partial charge is 0.495 e. The molecule has 0 aliphatic carbocycles. The van der Waals surface area contributed by atoms with Crippen molar-refractivity contribution in [1.29, 1.82) is 0 Å². The maximum absolute atomic E-state index is 12.1. The van der Waals surface area contributed by atoms with Crippen LogP contribution in [0.25, 0.3) is 6.08 Å². The van der Waals surface area contributed by atoms with Gasteiger partial charge in [-0.3, -0.25) is 4.79 Å². The minimum Gasteiger partial charge on any atom is -0.495 e. The second-order valence-electron chi connectivity index (χ2n) is 6.65. The Kier molecular flexibility index (Phi) is 7.59. The Morgan fingerprint density at radius 1 is 1.36 bits per heavy atom. The molecule has 1 N–H and O–H groups in total. The van der Waals surface area contributed by atoms with E-state index >= 15 is 0 Å². The Morgan fingerprint density at radius 2 is 2.11 bits per heavy atom. The van der Waals surface area contributed by atoms with E-state index in [1.807, 2.05) is 0 Å². The molecule has 0 aromatic heterocycles. The number of likely N-dealkylation sites (tertiary alicyclic amines) is 1. The smallest absolute Gasteiger partial charge is 0.331 e. The minimum absolute atomic E-state index is 0.0394. The monoisotopic (exact) mass is 410 g/mol. The number of hydrogen-bond acceptors (Lipinski definition) is 6. The standard InChI is InChI=1S/C19H26N2O6S/c1-14-5-4-10-21(12-14)18(22)13-27-19(23)9-7-15-6-8-16(26-3)17(11-15)28(24,25)20-2/h6-9,11,14,20H,4-5,10,12-13H2,1-3H3/b9-7+. The summed E-state index contributed by atoms with van der Waals surface area (Å²) in [5.74, 6) is -0.241. The zero-order chi connectivity index (χ0) is 20.7. The molecule has 1 aliphatic heterocycles. The molecule has 2 rings (SSSR count). The lowest BCUT2D eigenvalue weighted by Gasteiger charge is -2.30. The predicted octanol–water partition coefficient (Wildman–Crippen LogP) is 1.42. The molecule has 154 valence electrons. The lowest BCUT2D eigenvalue weighted by Crippen LogP contribution is -2.41. The first-order valence-corrected chi connectivity index (χ1v) is 10.5. The molecule has 1 atom stereocenters. The fourth-order valence-corrected chi connectivity index (χ4v) is 3.90. The number of piperidine rings is 1. The van der Waals surface area contributed by atoms with Crippen molar-refractivity contribution in [1.82, 2.24) is 9.62 Å². The first-order valence-electron chi connectivity index (χ1n) is 9.01. The van der Waals surface area contributed by atoms with Crippen molar-refractivity contribution in [3.63, 3.8) is 0 Å². The summed E-state index contributed by atoms with van der Waals surface area (Å²) in [6.45, 7) is 3.15. The molecular weight excluding hydrogens is 384 g/mol. The van der Waals surface area contributed by atoms with Crippen LogP contribution < -0.4 is 9.46 Å². The summed E-state index contributed by atoms with van der Waals surface area (Å²) in [7, 11) is -1.04. The van der Waals surface area contributed by atoms with Crippen LogP contribution in [-0.2, 0) is 24.3 Å². The molecule has 0 saturated carbocycles. The van der Waals surface area contributed by atoms with E-state index in [0.29, 0.717) is 24.6 Å². The quantitative estimate of drug-likeness (QED) is 0.539. The third-order valence-electron chi connectivity index (χ3n) is 4.51. The molecule has 1 aliphatic rings. The van der Waals surface area contributed by atoms with Gasteiger partial charge in [-0.25, -0.2) is 17.9 Å². The van der Waals surface area contributed by atoms with Crippen LogP contribution in [0.15, 0.2) is 29.2 Å². The van der Waals surface area contributed by atoms with Crippen LogP contribution in [0.3, 0.4) is 0 Å². The summed E-state index contributed by atoms with van der Waals surface area (Å²) in [6.07, 6.45) is 4.63. The number of carbonyl (C=O) groups is 2. The number of esters is 1. The number of amides is 1. The van der Waals surface area contributed by atoms with E-state index < -0.39 is 16.0 Å². The van der Waals surface area contributed by atoms with Gasteiger partial charge < -0.3 is 14.4 Å². The fourth-order valence-electron chi connectivity index (χ4n) is 2.97. The summed E-state index contributed by atoms with van der Waals surface area (Å²) >= 11 is 0. The van der Waals surface area contributed by atoms with E-state index in [0.717, 1.165) is 18.9 Å². The zero-order valence-electron chi connectivity index (χ0n) is 16.3. The molecule has 1 amide bonds. The minimum atomic E-state index is -3.72. The lowest BCUT2D eigenvalue weighted by molar-refractivity contribution is -0.149. The molecule has 1 saturated heterocycles. The van der Waals surface area contributed by atoms with Crippen LogP contribution in [-0.4, -0.2) is 59.0 Å². The number of sulfonamides is 1. The lowest BCUT2D eigenvalue weighted by atomic mass is 10.0. The van der Waals surface area contributed by atoms with Gasteiger partial charge in [-0.15, -0.1) is 0 Å². The first kappa shape index (κ1) is 21.9. The Balaban J connectivity index is 1.98. The second kappa shape index (κ2) is 9.70. The maximum atomic E-state index is 12.1. The summed E-state index contributed by atoms with van der Waals surface area (Å²) in [6, 6.07) is 4.49. The number of carbonyl (C=O) groups excluding carboxylic acids is 2. The van der Waals surface area contributed by atoms with Crippen molar-refractivity contribution < 1.29 is 27.5 Å². The summed E-state index contributed by atoms with van der Waals surface area (Å²) in [4.78, 5) is 25.7. The normalized spacial score (nSPS) is 17.5. The van der Waals surface area contributed by atoms with E-state index in [1.165, 1.54) is 32.4 Å². The molecule has 1 unspecified atom stereocenters. The van der Waals surface area contributed by atoms with Gasteiger partial charge >= 0.3 is 5.97 Å². The highest BCUT2D eigenvalue weighted by molar-refractivity contribution is 7.89. The third-order valence-corrected chi connectivity index (χ3v) is 5.94. The van der Waals surface area contributed by atoms with Crippen LogP contribution in [0, 0.1) is 5.92 Å². The van der Waals surface area contributed by atoms with Crippen molar-refractivity contribution in [2.24, 2.45) is 5.92 Å². The van der Waals surface area contributed by atoms with Gasteiger partial charge in [-0.2, -0.15) is 0 Å². The van der Waals surface area contributed by atoms with Gasteiger partial charge in [0.2, 0.25) is 10.0 Å². The number of benzene rings is 1. The van der Waals surface area contributed by atoms with Gasteiger partial charge in [-0.1, -0.05) is 13.0 Å².